The molecule has 1 rings (SSSR count). The van der Waals surface area contributed by atoms with E-state index in [1.165, 1.54) is 6.92 Å². The van der Waals surface area contributed by atoms with Crippen molar-refractivity contribution in [2.45, 2.75) is 47.5 Å². The van der Waals surface area contributed by atoms with Gasteiger partial charge in [-0.05, 0) is 12.3 Å². The van der Waals surface area contributed by atoms with Gasteiger partial charge in [-0.3, -0.25) is 4.79 Å². The van der Waals surface area contributed by atoms with Crippen LogP contribution in [0.1, 0.15) is 48.9 Å². The number of aliphatic hydroxyl groups is 1. The summed E-state index contributed by atoms with van der Waals surface area (Å²) in [4.78, 5) is 11.5. The van der Waals surface area contributed by atoms with E-state index in [2.05, 4.69) is 0 Å². The predicted octanol–water partition coefficient (Wildman–Crippen LogP) is 3.50. The highest BCUT2D eigenvalue weighted by atomic mass is 16.3. The minimum Gasteiger partial charge on any atom is -0.511 e. The molecular formula is C12H23NO2. The minimum absolute atomic E-state index is 0. The van der Waals surface area contributed by atoms with Crippen LogP contribution >= 0.6 is 0 Å². The van der Waals surface area contributed by atoms with E-state index >= 15 is 0 Å². The molecular weight excluding hydrogens is 190 g/mol. The van der Waals surface area contributed by atoms with Gasteiger partial charge >= 0.3 is 0 Å². The lowest BCUT2D eigenvalue weighted by Gasteiger charge is -2.29. The average Bonchev–Trinajstić information content (AvgIpc) is 2.02. The van der Waals surface area contributed by atoms with Crippen molar-refractivity contribution in [3.05, 3.63) is 11.3 Å². The first kappa shape index (κ1) is 13.9. The second-order valence-electron chi connectivity index (χ2n) is 4.39. The zero-order valence-electron chi connectivity index (χ0n) is 10.3. The van der Waals surface area contributed by atoms with Crippen molar-refractivity contribution < 1.29 is 11.3 Å². The zero-order valence-corrected chi connectivity index (χ0v) is 10.3. The Morgan fingerprint density at radius 1 is 1.40 bits per heavy atom. The Labute approximate surface area is 93.2 Å². The van der Waals surface area contributed by atoms with Crippen LogP contribution < -0.4 is 0 Å². The molecule has 3 heteroatoms. The number of nitrogens with one attached hydrogen (secondary N) is 1. The van der Waals surface area contributed by atoms with E-state index in [9.17, 15) is 9.90 Å². The summed E-state index contributed by atoms with van der Waals surface area (Å²) in [5, 5.41) is 16.9. The van der Waals surface area contributed by atoms with E-state index < -0.39 is 0 Å². The number of hydrogen-bond acceptors (Lipinski definition) is 3. The zero-order chi connectivity index (χ0) is 12.2. The second-order valence-corrected chi connectivity index (χ2v) is 4.39. The number of hydrogen-bond donors (Lipinski definition) is 2. The maximum atomic E-state index is 11.5. The van der Waals surface area contributed by atoms with Gasteiger partial charge in [0.25, 0.3) is 0 Å². The normalized spacial score (nSPS) is 19.4. The number of allylic oxidation sites excluding steroid dienone is 2. The fourth-order valence-corrected chi connectivity index (χ4v) is 1.71. The third kappa shape index (κ3) is 3.50. The van der Waals surface area contributed by atoms with E-state index in [0.29, 0.717) is 12.8 Å². The Bertz CT molecular complexity index is 306. The van der Waals surface area contributed by atoms with Gasteiger partial charge in [-0.25, -0.2) is 0 Å². The van der Waals surface area contributed by atoms with E-state index in [1.54, 1.807) is 0 Å². The fourth-order valence-electron chi connectivity index (χ4n) is 1.71. The maximum Gasteiger partial charge on any atom is 0.168 e. The Balaban J connectivity index is 0. The minimum atomic E-state index is -0.167. The number of aliphatic hydroxyl groups excluding tert-OH is 1. The molecule has 0 heterocycles. The molecule has 0 amide bonds. The molecule has 0 aromatic carbocycles. The first-order valence-electron chi connectivity index (χ1n) is 5.34. The van der Waals surface area contributed by atoms with Crippen LogP contribution in [-0.2, 0) is 4.79 Å². The van der Waals surface area contributed by atoms with Crippen LogP contribution in [0.25, 0.3) is 0 Å². The maximum absolute atomic E-state index is 11.5. The number of ketones is 1. The van der Waals surface area contributed by atoms with Crippen molar-refractivity contribution >= 4 is 11.5 Å². The molecule has 0 aromatic heterocycles. The van der Waals surface area contributed by atoms with Gasteiger partial charge in [-0.2, -0.15) is 0 Å². The highest BCUT2D eigenvalue weighted by molar-refractivity contribution is 6.21. The molecule has 2 N–H and O–H groups in total. The van der Waals surface area contributed by atoms with Gasteiger partial charge < -0.3 is 10.5 Å². The third-order valence-corrected chi connectivity index (χ3v) is 2.23. The first-order chi connectivity index (χ1) is 6.83. The topological polar surface area (TPSA) is 61.1 Å². The predicted molar refractivity (Wildman–Crippen MR) is 64.5 cm³/mol. The smallest absolute Gasteiger partial charge is 0.168 e. The van der Waals surface area contributed by atoms with Crippen LogP contribution in [0.2, 0.25) is 0 Å². The van der Waals surface area contributed by atoms with Gasteiger partial charge in [-0.1, -0.05) is 27.7 Å². The van der Waals surface area contributed by atoms with Gasteiger partial charge in [0.1, 0.15) is 5.76 Å². The molecule has 0 radical (unpaired) electrons. The van der Waals surface area contributed by atoms with Crippen LogP contribution in [0.15, 0.2) is 11.3 Å². The van der Waals surface area contributed by atoms with Crippen LogP contribution in [-0.4, -0.2) is 16.6 Å². The summed E-state index contributed by atoms with van der Waals surface area (Å²) in [6.45, 7) is 9.41. The molecule has 0 aromatic rings. The lowest BCUT2D eigenvalue weighted by molar-refractivity contribution is -0.117. The summed E-state index contributed by atoms with van der Waals surface area (Å²) in [5.74, 6) is -0.0324. The van der Waals surface area contributed by atoms with Crippen LogP contribution in [0.4, 0.5) is 0 Å². The van der Waals surface area contributed by atoms with Gasteiger partial charge in [0.2, 0.25) is 0 Å². The quantitative estimate of drug-likeness (QED) is 0.655. The molecule has 3 nitrogen and oxygen atoms in total. The van der Waals surface area contributed by atoms with E-state index in [4.69, 9.17) is 5.41 Å². The van der Waals surface area contributed by atoms with Crippen LogP contribution in [0.3, 0.4) is 0 Å². The van der Waals surface area contributed by atoms with Crippen molar-refractivity contribution in [3.8, 4) is 0 Å². The average molecular weight is 213 g/mol. The molecule has 15 heavy (non-hydrogen) atoms. The lowest BCUT2D eigenvalue weighted by Crippen LogP contribution is -2.28. The number of carbonyl (C=O) groups is 1. The molecule has 88 valence electrons. The van der Waals surface area contributed by atoms with Gasteiger partial charge in [0.15, 0.2) is 5.78 Å². The summed E-state index contributed by atoms with van der Waals surface area (Å²) in [7, 11) is 0. The van der Waals surface area contributed by atoms with Crippen molar-refractivity contribution in [3.63, 3.8) is 0 Å². The number of Topliss-reactive ketones (excluding diaryl/α,β-unsaturated/α-hetero) is 1. The molecule has 0 fully saturated rings. The van der Waals surface area contributed by atoms with Crippen LogP contribution in [0, 0.1) is 10.8 Å². The Morgan fingerprint density at radius 3 is 2.20 bits per heavy atom. The molecule has 0 bridgehead atoms. The lowest BCUT2D eigenvalue weighted by atomic mass is 9.76. The summed E-state index contributed by atoms with van der Waals surface area (Å²) in [6.07, 6.45) is 0.910. The molecule has 0 aliphatic heterocycles. The van der Waals surface area contributed by atoms with E-state index in [-0.39, 0.29) is 29.7 Å². The van der Waals surface area contributed by atoms with Crippen LogP contribution in [0.5, 0.6) is 0 Å². The van der Waals surface area contributed by atoms with Crippen molar-refractivity contribution in [1.82, 2.24) is 0 Å². The van der Waals surface area contributed by atoms with Gasteiger partial charge in [0.05, 0.1) is 5.57 Å². The van der Waals surface area contributed by atoms with E-state index in [0.717, 1.165) is 0 Å². The number of rotatable bonds is 1. The first-order valence-corrected chi connectivity index (χ1v) is 5.34. The fraction of sp³-hybridized carbons (Fsp3) is 0.667. The summed E-state index contributed by atoms with van der Waals surface area (Å²) < 4.78 is 0. The van der Waals surface area contributed by atoms with Crippen molar-refractivity contribution in [1.29, 1.82) is 5.41 Å². The third-order valence-electron chi connectivity index (χ3n) is 2.23. The second kappa shape index (κ2) is 5.10. The van der Waals surface area contributed by atoms with Gasteiger partial charge in [0, 0.05) is 20.0 Å². The summed E-state index contributed by atoms with van der Waals surface area (Å²) in [5.41, 5.74) is 0.220. The molecule has 1 aliphatic carbocycles. The summed E-state index contributed by atoms with van der Waals surface area (Å²) >= 11 is 0. The van der Waals surface area contributed by atoms with Crippen molar-refractivity contribution in [2.24, 2.45) is 5.41 Å². The SMILES string of the molecule is CC.CC(=N)C1=C(O)CC(C)(C)CC1=O.[HH]. The molecule has 0 unspecified atom stereocenters. The monoisotopic (exact) mass is 213 g/mol. The molecule has 0 atom stereocenters. The molecule has 0 spiro atoms. The molecule has 0 saturated carbocycles. The highest BCUT2D eigenvalue weighted by Gasteiger charge is 2.33. The number of carbonyl (C=O) groups excluding carboxylic acids is 1. The highest BCUT2D eigenvalue weighted by Crippen LogP contribution is 2.35. The standard InChI is InChI=1S/C10H15NO2.C2H6.H2/c1-6(11)9-7(12)4-10(2,3)5-8(9)13;1-2;/h11-12H,4-5H2,1-3H3;1-2H3;1H. The Morgan fingerprint density at radius 2 is 1.87 bits per heavy atom. The Hall–Kier alpha value is -1.12. The largest absolute Gasteiger partial charge is 0.511 e. The Kier molecular flexibility index (Phi) is 4.72. The van der Waals surface area contributed by atoms with Crippen molar-refractivity contribution in [2.75, 3.05) is 0 Å². The molecule has 1 aliphatic rings. The van der Waals surface area contributed by atoms with E-state index in [1.807, 2.05) is 27.7 Å². The molecule has 0 saturated heterocycles. The van der Waals surface area contributed by atoms with Gasteiger partial charge in [-0.15, -0.1) is 0 Å². The summed E-state index contributed by atoms with van der Waals surface area (Å²) in [6, 6.07) is 0.